The summed E-state index contributed by atoms with van der Waals surface area (Å²) in [4.78, 5) is 11.4. The third kappa shape index (κ3) is 3.29. The van der Waals surface area contributed by atoms with Crippen molar-refractivity contribution in [2.24, 2.45) is 0 Å². The van der Waals surface area contributed by atoms with Crippen molar-refractivity contribution in [2.75, 3.05) is 5.32 Å². The van der Waals surface area contributed by atoms with E-state index in [0.717, 1.165) is 16.8 Å². The van der Waals surface area contributed by atoms with Gasteiger partial charge < -0.3 is 5.32 Å². The Morgan fingerprint density at radius 2 is 2.00 bits per heavy atom. The lowest BCUT2D eigenvalue weighted by Crippen LogP contribution is -2.18. The van der Waals surface area contributed by atoms with E-state index in [0.29, 0.717) is 17.1 Å². The van der Waals surface area contributed by atoms with E-state index < -0.39 is 5.91 Å². The normalized spacial score (nSPS) is 10.2. The Morgan fingerprint density at radius 1 is 1.25 bits per heavy atom. The fourth-order valence-corrected chi connectivity index (χ4v) is 2.05. The van der Waals surface area contributed by atoms with Gasteiger partial charge in [0.05, 0.1) is 0 Å². The second kappa shape index (κ2) is 6.41. The minimum absolute atomic E-state index is 0.389. The average molecular weight is 291 g/mol. The van der Waals surface area contributed by atoms with Crippen LogP contribution in [0.25, 0.3) is 0 Å². The molecule has 104 valence electrons. The lowest BCUT2D eigenvalue weighted by molar-refractivity contribution is 0.0706. The van der Waals surface area contributed by atoms with Crippen LogP contribution < -0.4 is 10.8 Å². The van der Waals surface area contributed by atoms with Crippen LogP contribution >= 0.6 is 11.6 Å². The summed E-state index contributed by atoms with van der Waals surface area (Å²) in [6.45, 7) is 2.50. The Balaban J connectivity index is 2.17. The van der Waals surface area contributed by atoms with E-state index >= 15 is 0 Å². The Labute approximate surface area is 122 Å². The van der Waals surface area contributed by atoms with Gasteiger partial charge >= 0.3 is 0 Å². The SMILES string of the molecule is Cc1ccc(C(=O)NO)cc1NCc1ccccc1Cl. The smallest absolute Gasteiger partial charge is 0.274 e. The molecule has 2 rings (SSSR count). The van der Waals surface area contributed by atoms with E-state index in [1.54, 1.807) is 17.6 Å². The van der Waals surface area contributed by atoms with Crippen molar-refractivity contribution in [3.63, 3.8) is 0 Å². The largest absolute Gasteiger partial charge is 0.381 e. The first-order valence-electron chi connectivity index (χ1n) is 6.14. The van der Waals surface area contributed by atoms with Gasteiger partial charge in [0.2, 0.25) is 0 Å². The predicted molar refractivity (Wildman–Crippen MR) is 79.2 cm³/mol. The minimum atomic E-state index is -0.536. The van der Waals surface area contributed by atoms with E-state index in [-0.39, 0.29) is 0 Å². The third-order valence-corrected chi connectivity index (χ3v) is 3.40. The summed E-state index contributed by atoms with van der Waals surface area (Å²) < 4.78 is 0. The highest BCUT2D eigenvalue weighted by Gasteiger charge is 2.07. The number of amides is 1. The first-order valence-corrected chi connectivity index (χ1v) is 6.52. The molecule has 0 unspecified atom stereocenters. The van der Waals surface area contributed by atoms with E-state index in [9.17, 15) is 4.79 Å². The highest BCUT2D eigenvalue weighted by Crippen LogP contribution is 2.20. The number of hydrogen-bond acceptors (Lipinski definition) is 3. The monoisotopic (exact) mass is 290 g/mol. The molecule has 2 aromatic rings. The van der Waals surface area contributed by atoms with E-state index in [2.05, 4.69) is 5.32 Å². The number of hydrogen-bond donors (Lipinski definition) is 3. The molecular formula is C15H15ClN2O2. The predicted octanol–water partition coefficient (Wildman–Crippen LogP) is 3.38. The third-order valence-electron chi connectivity index (χ3n) is 3.03. The highest BCUT2D eigenvalue weighted by molar-refractivity contribution is 6.31. The molecule has 20 heavy (non-hydrogen) atoms. The molecular weight excluding hydrogens is 276 g/mol. The molecule has 1 amide bonds. The van der Waals surface area contributed by atoms with Crippen LogP contribution in [0.3, 0.4) is 0 Å². The zero-order valence-electron chi connectivity index (χ0n) is 11.0. The maximum absolute atomic E-state index is 11.4. The molecule has 0 aliphatic heterocycles. The lowest BCUT2D eigenvalue weighted by atomic mass is 10.1. The molecule has 5 heteroatoms. The Morgan fingerprint density at radius 3 is 2.70 bits per heavy atom. The number of hydroxylamine groups is 1. The summed E-state index contributed by atoms with van der Waals surface area (Å²) in [5.41, 5.74) is 4.82. The average Bonchev–Trinajstić information content (AvgIpc) is 2.47. The van der Waals surface area contributed by atoms with Crippen LogP contribution in [0.2, 0.25) is 5.02 Å². The highest BCUT2D eigenvalue weighted by atomic mass is 35.5. The summed E-state index contributed by atoms with van der Waals surface area (Å²) in [7, 11) is 0. The fourth-order valence-electron chi connectivity index (χ4n) is 1.85. The van der Waals surface area contributed by atoms with Gasteiger partial charge in [0.15, 0.2) is 0 Å². The van der Waals surface area contributed by atoms with Crippen molar-refractivity contribution in [2.45, 2.75) is 13.5 Å². The van der Waals surface area contributed by atoms with Crippen LogP contribution in [0.5, 0.6) is 0 Å². The number of aryl methyl sites for hydroxylation is 1. The van der Waals surface area contributed by atoms with E-state index in [1.165, 1.54) is 0 Å². The van der Waals surface area contributed by atoms with Crippen LogP contribution in [-0.2, 0) is 6.54 Å². The minimum Gasteiger partial charge on any atom is -0.381 e. The molecule has 4 nitrogen and oxygen atoms in total. The maximum atomic E-state index is 11.4. The number of benzene rings is 2. The van der Waals surface area contributed by atoms with Crippen LogP contribution in [0.4, 0.5) is 5.69 Å². The van der Waals surface area contributed by atoms with Crippen LogP contribution in [0, 0.1) is 6.92 Å². The van der Waals surface area contributed by atoms with Crippen LogP contribution in [-0.4, -0.2) is 11.1 Å². The summed E-state index contributed by atoms with van der Waals surface area (Å²) in [6, 6.07) is 12.7. The Hall–Kier alpha value is -2.04. The van der Waals surface area contributed by atoms with E-state index in [4.69, 9.17) is 16.8 Å². The number of halogens is 1. The standard InChI is InChI=1S/C15H15ClN2O2/c1-10-6-7-11(15(19)18-20)8-14(10)17-9-12-4-2-3-5-13(12)16/h2-8,17,20H,9H2,1H3,(H,18,19). The maximum Gasteiger partial charge on any atom is 0.274 e. The molecule has 0 heterocycles. The van der Waals surface area contributed by atoms with Gasteiger partial charge in [-0.3, -0.25) is 10.0 Å². The molecule has 0 atom stereocenters. The molecule has 0 spiro atoms. The topological polar surface area (TPSA) is 61.4 Å². The zero-order valence-corrected chi connectivity index (χ0v) is 11.7. The van der Waals surface area contributed by atoms with Gasteiger partial charge in [0.25, 0.3) is 5.91 Å². The number of carbonyl (C=O) groups excluding carboxylic acids is 1. The van der Waals surface area contributed by atoms with Gasteiger partial charge in [0, 0.05) is 22.8 Å². The van der Waals surface area contributed by atoms with Crippen molar-refractivity contribution >= 4 is 23.2 Å². The van der Waals surface area contributed by atoms with Gasteiger partial charge in [-0.1, -0.05) is 35.9 Å². The number of nitrogens with one attached hydrogen (secondary N) is 2. The fraction of sp³-hybridized carbons (Fsp3) is 0.133. The second-order valence-electron chi connectivity index (χ2n) is 4.42. The van der Waals surface area contributed by atoms with Crippen molar-refractivity contribution in [3.8, 4) is 0 Å². The van der Waals surface area contributed by atoms with Crippen molar-refractivity contribution in [1.29, 1.82) is 0 Å². The summed E-state index contributed by atoms with van der Waals surface area (Å²) in [5.74, 6) is -0.536. The van der Waals surface area contributed by atoms with Gasteiger partial charge in [0.1, 0.15) is 0 Å². The Kier molecular flexibility index (Phi) is 4.61. The molecule has 0 saturated heterocycles. The molecule has 3 N–H and O–H groups in total. The van der Waals surface area contributed by atoms with Crippen molar-refractivity contribution in [1.82, 2.24) is 5.48 Å². The van der Waals surface area contributed by atoms with Gasteiger partial charge in [-0.2, -0.15) is 0 Å². The van der Waals surface area contributed by atoms with Gasteiger partial charge in [-0.25, -0.2) is 5.48 Å². The molecule has 0 saturated carbocycles. The summed E-state index contributed by atoms with van der Waals surface area (Å²) in [6.07, 6.45) is 0. The number of anilines is 1. The first-order chi connectivity index (χ1) is 9.61. The number of carbonyl (C=O) groups is 1. The van der Waals surface area contributed by atoms with Gasteiger partial charge in [-0.15, -0.1) is 0 Å². The molecule has 0 fully saturated rings. The van der Waals surface area contributed by atoms with Crippen LogP contribution in [0.15, 0.2) is 42.5 Å². The zero-order chi connectivity index (χ0) is 14.5. The van der Waals surface area contributed by atoms with Crippen LogP contribution in [0.1, 0.15) is 21.5 Å². The quantitative estimate of drug-likeness (QED) is 0.597. The van der Waals surface area contributed by atoms with E-state index in [1.807, 2.05) is 37.3 Å². The summed E-state index contributed by atoms with van der Waals surface area (Å²) >= 11 is 6.10. The van der Waals surface area contributed by atoms with Crippen molar-refractivity contribution in [3.05, 3.63) is 64.2 Å². The first kappa shape index (κ1) is 14.4. The molecule has 2 aromatic carbocycles. The van der Waals surface area contributed by atoms with Crippen molar-refractivity contribution < 1.29 is 10.0 Å². The second-order valence-corrected chi connectivity index (χ2v) is 4.82. The molecule has 0 bridgehead atoms. The molecule has 0 aliphatic carbocycles. The molecule has 0 aromatic heterocycles. The molecule has 0 aliphatic rings. The number of rotatable bonds is 4. The summed E-state index contributed by atoms with van der Waals surface area (Å²) in [5, 5.41) is 12.6. The Bertz CT molecular complexity index is 629. The molecule has 0 radical (unpaired) electrons. The van der Waals surface area contributed by atoms with Gasteiger partial charge in [-0.05, 0) is 36.2 Å². The lowest BCUT2D eigenvalue weighted by Gasteiger charge is -2.12.